The van der Waals surface area contributed by atoms with Crippen molar-refractivity contribution in [1.29, 1.82) is 0 Å². The van der Waals surface area contributed by atoms with E-state index in [-0.39, 0.29) is 23.6 Å². The molecule has 7 heteroatoms. The molecule has 1 heterocycles. The van der Waals surface area contributed by atoms with E-state index in [0.29, 0.717) is 18.7 Å². The Morgan fingerprint density at radius 2 is 1.95 bits per heavy atom. The van der Waals surface area contributed by atoms with E-state index in [4.69, 9.17) is 9.47 Å². The van der Waals surface area contributed by atoms with Gasteiger partial charge in [0, 0.05) is 12.6 Å². The second kappa shape index (κ2) is 6.76. The molecule has 0 spiro atoms. The molecule has 0 radical (unpaired) electrons. The number of esters is 1. The molecule has 0 N–H and O–H groups in total. The van der Waals surface area contributed by atoms with Crippen molar-refractivity contribution in [1.82, 2.24) is 4.31 Å². The quantitative estimate of drug-likeness (QED) is 0.787. The summed E-state index contributed by atoms with van der Waals surface area (Å²) in [6, 6.07) is 5.60. The first-order valence-electron chi connectivity index (χ1n) is 7.27. The lowest BCUT2D eigenvalue weighted by Gasteiger charge is -2.35. The first-order chi connectivity index (χ1) is 10.4. The predicted molar refractivity (Wildman–Crippen MR) is 81.2 cm³/mol. The normalized spacial score (nSPS) is 23.2. The van der Waals surface area contributed by atoms with Crippen LogP contribution in [0.1, 0.15) is 31.1 Å². The molecule has 0 amide bonds. The molecule has 2 rings (SSSR count). The highest BCUT2D eigenvalue weighted by atomic mass is 32.2. The lowest BCUT2D eigenvalue weighted by Crippen LogP contribution is -2.50. The zero-order chi connectivity index (χ0) is 16.3. The van der Waals surface area contributed by atoms with Crippen molar-refractivity contribution in [2.75, 3.05) is 19.8 Å². The van der Waals surface area contributed by atoms with E-state index >= 15 is 0 Å². The Kier molecular flexibility index (Phi) is 5.20. The number of hydrogen-bond donors (Lipinski definition) is 0. The van der Waals surface area contributed by atoms with E-state index in [9.17, 15) is 13.2 Å². The van der Waals surface area contributed by atoms with Crippen molar-refractivity contribution >= 4 is 16.0 Å². The van der Waals surface area contributed by atoms with Gasteiger partial charge in [-0.25, -0.2) is 13.2 Å². The molecule has 2 unspecified atom stereocenters. The van der Waals surface area contributed by atoms with Gasteiger partial charge in [-0.1, -0.05) is 0 Å². The zero-order valence-corrected chi connectivity index (χ0v) is 13.8. The summed E-state index contributed by atoms with van der Waals surface area (Å²) in [7, 11) is -3.60. The number of sulfonamides is 1. The van der Waals surface area contributed by atoms with Gasteiger partial charge in [-0.2, -0.15) is 4.31 Å². The van der Waals surface area contributed by atoms with Crippen LogP contribution >= 0.6 is 0 Å². The van der Waals surface area contributed by atoms with Crippen molar-refractivity contribution in [2.24, 2.45) is 0 Å². The second-order valence-corrected chi connectivity index (χ2v) is 7.20. The minimum Gasteiger partial charge on any atom is -0.462 e. The molecular weight excluding hydrogens is 306 g/mol. The van der Waals surface area contributed by atoms with E-state index in [1.165, 1.54) is 28.6 Å². The number of hydrogen-bond acceptors (Lipinski definition) is 5. The smallest absolute Gasteiger partial charge is 0.338 e. The molecule has 2 atom stereocenters. The molecule has 1 saturated heterocycles. The first kappa shape index (κ1) is 16.9. The summed E-state index contributed by atoms with van der Waals surface area (Å²) < 4.78 is 37.2. The molecule has 0 aromatic heterocycles. The van der Waals surface area contributed by atoms with E-state index in [1.807, 2.05) is 13.8 Å². The summed E-state index contributed by atoms with van der Waals surface area (Å²) in [6.07, 6.45) is -0.134. The molecule has 6 nitrogen and oxygen atoms in total. The minimum atomic E-state index is -3.60. The maximum absolute atomic E-state index is 12.7. The fourth-order valence-corrected chi connectivity index (χ4v) is 4.01. The van der Waals surface area contributed by atoms with Gasteiger partial charge in [-0.3, -0.25) is 0 Å². The standard InChI is InChI=1S/C15H21NO5S/c1-4-20-15(17)13-5-7-14(8-6-13)22(18,19)16-9-12(3)21-10-11(16)2/h5-8,11-12H,4,9-10H2,1-3H3. The first-order valence-corrected chi connectivity index (χ1v) is 8.71. The van der Waals surface area contributed by atoms with Crippen LogP contribution in [0.5, 0.6) is 0 Å². The summed E-state index contributed by atoms with van der Waals surface area (Å²) in [4.78, 5) is 11.8. The van der Waals surface area contributed by atoms with Crippen LogP contribution in [0.2, 0.25) is 0 Å². The van der Waals surface area contributed by atoms with Crippen molar-refractivity contribution in [3.63, 3.8) is 0 Å². The van der Waals surface area contributed by atoms with Gasteiger partial charge < -0.3 is 9.47 Å². The Morgan fingerprint density at radius 1 is 1.32 bits per heavy atom. The largest absolute Gasteiger partial charge is 0.462 e. The zero-order valence-electron chi connectivity index (χ0n) is 13.0. The van der Waals surface area contributed by atoms with Gasteiger partial charge in [0.15, 0.2) is 0 Å². The van der Waals surface area contributed by atoms with Crippen LogP contribution in [0.3, 0.4) is 0 Å². The van der Waals surface area contributed by atoms with Gasteiger partial charge in [-0.15, -0.1) is 0 Å². The lowest BCUT2D eigenvalue weighted by atomic mass is 10.2. The van der Waals surface area contributed by atoms with Crippen molar-refractivity contribution in [2.45, 2.75) is 37.8 Å². The minimum absolute atomic E-state index is 0.134. The van der Waals surface area contributed by atoms with Crippen LogP contribution in [0.15, 0.2) is 29.2 Å². The maximum atomic E-state index is 12.7. The Labute approximate surface area is 131 Å². The van der Waals surface area contributed by atoms with E-state index in [2.05, 4.69) is 0 Å². The molecule has 1 aromatic carbocycles. The van der Waals surface area contributed by atoms with Gasteiger partial charge >= 0.3 is 5.97 Å². The molecule has 1 aromatic rings. The molecule has 0 aliphatic carbocycles. The summed E-state index contributed by atoms with van der Waals surface area (Å²) in [5.41, 5.74) is 0.337. The Bertz CT molecular complexity index is 626. The number of morpholine rings is 1. The van der Waals surface area contributed by atoms with Gasteiger partial charge in [0.2, 0.25) is 10.0 Å². The Morgan fingerprint density at radius 3 is 2.55 bits per heavy atom. The number of ether oxygens (including phenoxy) is 2. The molecule has 122 valence electrons. The monoisotopic (exact) mass is 327 g/mol. The fourth-order valence-electron chi connectivity index (χ4n) is 2.32. The third-order valence-corrected chi connectivity index (χ3v) is 5.52. The highest BCUT2D eigenvalue weighted by Gasteiger charge is 2.34. The summed E-state index contributed by atoms with van der Waals surface area (Å²) in [5, 5.41) is 0. The average Bonchev–Trinajstić information content (AvgIpc) is 2.50. The number of nitrogens with zero attached hydrogens (tertiary/aromatic N) is 1. The van der Waals surface area contributed by atoms with Gasteiger partial charge in [-0.05, 0) is 45.0 Å². The predicted octanol–water partition coefficient (Wildman–Crippen LogP) is 1.66. The van der Waals surface area contributed by atoms with E-state index in [1.54, 1.807) is 6.92 Å². The van der Waals surface area contributed by atoms with Crippen LogP contribution in [0.25, 0.3) is 0 Å². The van der Waals surface area contributed by atoms with Gasteiger partial charge in [0.1, 0.15) is 0 Å². The second-order valence-electron chi connectivity index (χ2n) is 5.31. The third kappa shape index (κ3) is 3.48. The number of rotatable bonds is 4. The van der Waals surface area contributed by atoms with Crippen LogP contribution in [0.4, 0.5) is 0 Å². The summed E-state index contributed by atoms with van der Waals surface area (Å²) >= 11 is 0. The van der Waals surface area contributed by atoms with Crippen molar-refractivity contribution in [3.05, 3.63) is 29.8 Å². The Balaban J connectivity index is 2.24. The molecule has 1 aliphatic heterocycles. The number of carbonyl (C=O) groups is 1. The SMILES string of the molecule is CCOC(=O)c1ccc(S(=O)(=O)N2CC(C)OCC2C)cc1. The highest BCUT2D eigenvalue weighted by molar-refractivity contribution is 7.89. The molecule has 0 bridgehead atoms. The average molecular weight is 327 g/mol. The molecule has 22 heavy (non-hydrogen) atoms. The van der Waals surface area contributed by atoms with Crippen LogP contribution in [-0.2, 0) is 19.5 Å². The van der Waals surface area contributed by atoms with Crippen LogP contribution in [0, 0.1) is 0 Å². The van der Waals surface area contributed by atoms with Gasteiger partial charge in [0.05, 0.1) is 29.8 Å². The lowest BCUT2D eigenvalue weighted by molar-refractivity contribution is -0.0170. The van der Waals surface area contributed by atoms with Crippen molar-refractivity contribution in [3.8, 4) is 0 Å². The van der Waals surface area contributed by atoms with Gasteiger partial charge in [0.25, 0.3) is 0 Å². The number of carbonyl (C=O) groups excluding carboxylic acids is 1. The molecule has 0 saturated carbocycles. The van der Waals surface area contributed by atoms with E-state index < -0.39 is 16.0 Å². The molecule has 1 aliphatic rings. The molecule has 1 fully saturated rings. The summed E-state index contributed by atoms with van der Waals surface area (Å²) in [6.45, 7) is 6.36. The topological polar surface area (TPSA) is 72.9 Å². The Hall–Kier alpha value is -1.44. The molecular formula is C15H21NO5S. The van der Waals surface area contributed by atoms with Crippen molar-refractivity contribution < 1.29 is 22.7 Å². The third-order valence-electron chi connectivity index (χ3n) is 3.52. The van der Waals surface area contributed by atoms with Crippen LogP contribution < -0.4 is 0 Å². The van der Waals surface area contributed by atoms with Crippen LogP contribution in [-0.4, -0.2) is 50.6 Å². The maximum Gasteiger partial charge on any atom is 0.338 e. The highest BCUT2D eigenvalue weighted by Crippen LogP contribution is 2.22. The number of benzene rings is 1. The van der Waals surface area contributed by atoms with E-state index in [0.717, 1.165) is 0 Å². The fraction of sp³-hybridized carbons (Fsp3) is 0.533. The summed E-state index contributed by atoms with van der Waals surface area (Å²) in [5.74, 6) is -0.459.